The fraction of sp³-hybridized carbons (Fsp3) is 0.286. The van der Waals surface area contributed by atoms with Gasteiger partial charge in [0.05, 0.1) is 3.57 Å². The predicted octanol–water partition coefficient (Wildman–Crippen LogP) is 1.60. The summed E-state index contributed by atoms with van der Waals surface area (Å²) >= 11 is 2.02. The van der Waals surface area contributed by atoms with Gasteiger partial charge in [-0.2, -0.15) is 0 Å². The number of aromatic amines is 1. The Kier molecular flexibility index (Phi) is 2.13. The van der Waals surface area contributed by atoms with Gasteiger partial charge in [0.2, 0.25) is 0 Å². The Morgan fingerprint density at radius 1 is 1.50 bits per heavy atom. The highest BCUT2D eigenvalue weighted by molar-refractivity contribution is 14.1. The van der Waals surface area contributed by atoms with Crippen molar-refractivity contribution >= 4 is 22.6 Å². The van der Waals surface area contributed by atoms with Crippen molar-refractivity contribution in [3.05, 3.63) is 31.2 Å². The Morgan fingerprint density at radius 2 is 2.10 bits per heavy atom. The number of rotatable bonds is 0. The monoisotopic (exact) mass is 249 g/mol. The molecule has 1 aromatic heterocycles. The molecule has 1 aromatic rings. The van der Waals surface area contributed by atoms with Crippen LogP contribution in [0.15, 0.2) is 11.0 Å². The lowest BCUT2D eigenvalue weighted by atomic mass is 10.2. The van der Waals surface area contributed by atoms with E-state index in [0.29, 0.717) is 0 Å². The summed E-state index contributed by atoms with van der Waals surface area (Å²) in [5.41, 5.74) is 1.90. The van der Waals surface area contributed by atoms with Crippen LogP contribution in [0, 0.1) is 17.4 Å². The van der Waals surface area contributed by atoms with Crippen molar-refractivity contribution in [1.82, 2.24) is 4.98 Å². The van der Waals surface area contributed by atoms with Gasteiger partial charge in [0.1, 0.15) is 0 Å². The number of aryl methyl sites for hydroxylation is 1. The molecule has 0 amide bonds. The molecule has 0 aliphatic rings. The fourth-order valence-electron chi connectivity index (χ4n) is 0.695. The van der Waals surface area contributed by atoms with Crippen LogP contribution in [0.1, 0.15) is 11.3 Å². The Hall–Kier alpha value is -0.320. The minimum Gasteiger partial charge on any atom is -0.364 e. The first-order valence-electron chi connectivity index (χ1n) is 2.97. The van der Waals surface area contributed by atoms with E-state index in [2.05, 4.69) is 4.98 Å². The number of H-pyrrole nitrogens is 1. The van der Waals surface area contributed by atoms with E-state index >= 15 is 0 Å². The number of nitrogens with one attached hydrogen (secondary N) is 1. The first-order chi connectivity index (χ1) is 4.63. The average molecular weight is 249 g/mol. The lowest BCUT2D eigenvalue weighted by Gasteiger charge is -1.97. The zero-order valence-corrected chi connectivity index (χ0v) is 8.02. The van der Waals surface area contributed by atoms with Crippen molar-refractivity contribution in [2.45, 2.75) is 13.8 Å². The molecule has 0 aromatic carbocycles. The Morgan fingerprint density at radius 3 is 2.60 bits per heavy atom. The van der Waals surface area contributed by atoms with E-state index in [4.69, 9.17) is 0 Å². The summed E-state index contributed by atoms with van der Waals surface area (Å²) < 4.78 is 0.751. The molecule has 0 bridgehead atoms. The molecule has 0 spiro atoms. The summed E-state index contributed by atoms with van der Waals surface area (Å²) in [6.45, 7) is 3.73. The molecule has 0 radical (unpaired) electrons. The second kappa shape index (κ2) is 2.74. The molecule has 0 saturated carbocycles. The van der Waals surface area contributed by atoms with Crippen LogP contribution in [0.25, 0.3) is 0 Å². The minimum absolute atomic E-state index is 0.136. The van der Waals surface area contributed by atoms with Crippen molar-refractivity contribution in [1.29, 1.82) is 0 Å². The Labute approximate surface area is 72.8 Å². The van der Waals surface area contributed by atoms with Crippen LogP contribution in [-0.4, -0.2) is 4.98 Å². The smallest absolute Gasteiger partial charge is 0.198 e. The third-order valence-corrected chi connectivity index (χ3v) is 2.34. The van der Waals surface area contributed by atoms with E-state index < -0.39 is 0 Å². The summed E-state index contributed by atoms with van der Waals surface area (Å²) in [7, 11) is 0. The van der Waals surface area contributed by atoms with Gasteiger partial charge < -0.3 is 4.98 Å². The molecule has 54 valence electrons. The summed E-state index contributed by atoms with van der Waals surface area (Å²) in [5.74, 6) is 0. The molecule has 0 atom stereocenters. The Bertz CT molecular complexity index is 303. The molecule has 0 unspecified atom stereocenters. The van der Waals surface area contributed by atoms with Gasteiger partial charge in [0.15, 0.2) is 5.43 Å². The molecule has 1 heterocycles. The van der Waals surface area contributed by atoms with Crippen LogP contribution in [0.4, 0.5) is 0 Å². The van der Waals surface area contributed by atoms with E-state index in [9.17, 15) is 4.79 Å². The van der Waals surface area contributed by atoms with Crippen molar-refractivity contribution in [2.24, 2.45) is 0 Å². The summed E-state index contributed by atoms with van der Waals surface area (Å²) in [6.07, 6.45) is 1.73. The molecule has 0 aliphatic heterocycles. The lowest BCUT2D eigenvalue weighted by molar-refractivity contribution is 1.11. The molecule has 1 rings (SSSR count). The van der Waals surface area contributed by atoms with Gasteiger partial charge in [-0.3, -0.25) is 4.79 Å². The maximum atomic E-state index is 11.2. The molecule has 0 aliphatic carbocycles. The topological polar surface area (TPSA) is 32.9 Å². The van der Waals surface area contributed by atoms with Crippen molar-refractivity contribution in [3.63, 3.8) is 0 Å². The third kappa shape index (κ3) is 1.23. The highest BCUT2D eigenvalue weighted by Crippen LogP contribution is 2.00. The van der Waals surface area contributed by atoms with E-state index in [1.807, 2.05) is 36.4 Å². The highest BCUT2D eigenvalue weighted by atomic mass is 127. The van der Waals surface area contributed by atoms with E-state index in [-0.39, 0.29) is 5.43 Å². The molecule has 1 N–H and O–H groups in total. The molecular formula is C7H8INO. The molecule has 2 nitrogen and oxygen atoms in total. The third-order valence-electron chi connectivity index (χ3n) is 1.54. The van der Waals surface area contributed by atoms with Crippen LogP contribution in [0.5, 0.6) is 0 Å². The second-order valence-corrected chi connectivity index (χ2v) is 3.38. The number of aromatic nitrogens is 1. The van der Waals surface area contributed by atoms with Crippen LogP contribution in [0.3, 0.4) is 0 Å². The van der Waals surface area contributed by atoms with E-state index in [1.165, 1.54) is 0 Å². The van der Waals surface area contributed by atoms with Gasteiger partial charge in [-0.05, 0) is 36.4 Å². The highest BCUT2D eigenvalue weighted by Gasteiger charge is 1.99. The quantitative estimate of drug-likeness (QED) is 0.696. The maximum Gasteiger partial charge on any atom is 0.198 e. The first-order valence-corrected chi connectivity index (χ1v) is 4.05. The van der Waals surface area contributed by atoms with E-state index in [0.717, 1.165) is 14.8 Å². The Balaban J connectivity index is 3.50. The second-order valence-electron chi connectivity index (χ2n) is 2.22. The average Bonchev–Trinajstić information content (AvgIpc) is 1.93. The predicted molar refractivity (Wildman–Crippen MR) is 49.3 cm³/mol. The molecule has 0 fully saturated rings. The van der Waals surface area contributed by atoms with Crippen LogP contribution < -0.4 is 5.43 Å². The van der Waals surface area contributed by atoms with Crippen molar-refractivity contribution in [3.8, 4) is 0 Å². The van der Waals surface area contributed by atoms with E-state index in [1.54, 1.807) is 6.20 Å². The standard InChI is InChI=1S/C7H8INO/c1-4-5(2)9-3-6(8)7(4)10/h3H,1-2H3,(H,9,10). The van der Waals surface area contributed by atoms with Crippen LogP contribution in [0.2, 0.25) is 0 Å². The summed E-state index contributed by atoms with van der Waals surface area (Å²) in [5, 5.41) is 0. The molecule has 3 heteroatoms. The van der Waals surface area contributed by atoms with Crippen LogP contribution in [-0.2, 0) is 0 Å². The molecule has 0 saturated heterocycles. The normalized spacial score (nSPS) is 9.90. The van der Waals surface area contributed by atoms with Gasteiger partial charge in [-0.1, -0.05) is 0 Å². The van der Waals surface area contributed by atoms with Gasteiger partial charge in [0, 0.05) is 17.5 Å². The van der Waals surface area contributed by atoms with Gasteiger partial charge >= 0.3 is 0 Å². The van der Waals surface area contributed by atoms with Crippen molar-refractivity contribution in [2.75, 3.05) is 0 Å². The maximum absolute atomic E-state index is 11.2. The van der Waals surface area contributed by atoms with Crippen molar-refractivity contribution < 1.29 is 0 Å². The number of hydrogen-bond donors (Lipinski definition) is 1. The SMILES string of the molecule is Cc1[nH]cc(I)c(=O)c1C. The largest absolute Gasteiger partial charge is 0.364 e. The summed E-state index contributed by atoms with van der Waals surface area (Å²) in [6, 6.07) is 0. The molecular weight excluding hydrogens is 241 g/mol. The van der Waals surface area contributed by atoms with Gasteiger partial charge in [-0.15, -0.1) is 0 Å². The summed E-state index contributed by atoms with van der Waals surface area (Å²) in [4.78, 5) is 14.2. The van der Waals surface area contributed by atoms with Gasteiger partial charge in [-0.25, -0.2) is 0 Å². The number of pyridine rings is 1. The minimum atomic E-state index is 0.136. The fourth-order valence-corrected chi connectivity index (χ4v) is 1.26. The number of halogens is 1. The lowest BCUT2D eigenvalue weighted by Crippen LogP contribution is -2.11. The zero-order chi connectivity index (χ0) is 7.72. The first kappa shape index (κ1) is 7.78. The zero-order valence-electron chi connectivity index (χ0n) is 5.86. The molecule has 10 heavy (non-hydrogen) atoms. The van der Waals surface area contributed by atoms with Crippen LogP contribution >= 0.6 is 22.6 Å². The number of hydrogen-bond acceptors (Lipinski definition) is 1. The van der Waals surface area contributed by atoms with Gasteiger partial charge in [0.25, 0.3) is 0 Å².